The number of hydrogen-bond acceptors (Lipinski definition) is 3. The number of hydrogen-bond donors (Lipinski definition) is 2. The summed E-state index contributed by atoms with van der Waals surface area (Å²) in [7, 11) is 2.09. The molecule has 0 radical (unpaired) electrons. The molecule has 0 spiro atoms. The highest BCUT2D eigenvalue weighted by Crippen LogP contribution is 2.08. The van der Waals surface area contributed by atoms with Gasteiger partial charge in [-0.1, -0.05) is 61.5 Å². The van der Waals surface area contributed by atoms with Crippen LogP contribution in [0.5, 0.6) is 0 Å². The second-order valence-electron chi connectivity index (χ2n) is 6.16. The average molecular weight is 398 g/mol. The first-order valence-corrected chi connectivity index (χ1v) is 8.42. The first-order chi connectivity index (χ1) is 11.6. The predicted molar refractivity (Wildman–Crippen MR) is 113 cm³/mol. The van der Waals surface area contributed by atoms with Crippen LogP contribution in [0.3, 0.4) is 0 Å². The summed E-state index contributed by atoms with van der Waals surface area (Å²) in [5.41, 5.74) is 9.43. The molecule has 0 bridgehead atoms. The first kappa shape index (κ1) is 24.4. The van der Waals surface area contributed by atoms with Crippen LogP contribution in [-0.2, 0) is 24.3 Å². The van der Waals surface area contributed by atoms with Gasteiger partial charge in [-0.3, -0.25) is 4.79 Å². The van der Waals surface area contributed by atoms with Crippen molar-refractivity contribution in [1.82, 2.24) is 10.2 Å². The van der Waals surface area contributed by atoms with E-state index in [9.17, 15) is 4.79 Å². The number of carbonyl (C=O) groups excluding carboxylic acids is 1. The lowest BCUT2D eigenvalue weighted by molar-refractivity contribution is -0.122. The Balaban J connectivity index is 0.00000312. The van der Waals surface area contributed by atoms with Crippen LogP contribution in [0.1, 0.15) is 23.6 Å². The van der Waals surface area contributed by atoms with Crippen LogP contribution in [0.25, 0.3) is 0 Å². The Morgan fingerprint density at radius 1 is 1.04 bits per heavy atom. The third kappa shape index (κ3) is 8.19. The number of amides is 1. The molecule has 26 heavy (non-hydrogen) atoms. The van der Waals surface area contributed by atoms with E-state index >= 15 is 0 Å². The van der Waals surface area contributed by atoms with E-state index in [2.05, 4.69) is 36.3 Å². The molecule has 2 aromatic rings. The molecule has 3 N–H and O–H groups in total. The molecule has 0 aliphatic rings. The lowest BCUT2D eigenvalue weighted by atomic mass is 10.1. The zero-order valence-corrected chi connectivity index (χ0v) is 17.0. The maximum atomic E-state index is 12.2. The zero-order chi connectivity index (χ0) is 17.4. The van der Waals surface area contributed by atoms with Gasteiger partial charge in [0, 0.05) is 13.1 Å². The van der Waals surface area contributed by atoms with E-state index < -0.39 is 6.04 Å². The highest BCUT2D eigenvalue weighted by atomic mass is 35.5. The van der Waals surface area contributed by atoms with E-state index in [0.717, 1.165) is 24.2 Å². The summed E-state index contributed by atoms with van der Waals surface area (Å²) >= 11 is 0. The highest BCUT2D eigenvalue weighted by Gasteiger charge is 2.13. The maximum absolute atomic E-state index is 12.2. The summed E-state index contributed by atoms with van der Waals surface area (Å²) in [4.78, 5) is 14.4. The van der Waals surface area contributed by atoms with Gasteiger partial charge in [-0.05, 0) is 36.7 Å². The fraction of sp³-hybridized carbons (Fsp3) is 0.350. The van der Waals surface area contributed by atoms with Crippen molar-refractivity contribution in [3.63, 3.8) is 0 Å². The Morgan fingerprint density at radius 2 is 1.65 bits per heavy atom. The van der Waals surface area contributed by atoms with E-state index in [0.29, 0.717) is 13.0 Å². The number of rotatable bonds is 8. The molecule has 1 amide bonds. The Morgan fingerprint density at radius 3 is 2.31 bits per heavy atom. The molecule has 144 valence electrons. The van der Waals surface area contributed by atoms with E-state index in [1.165, 1.54) is 5.56 Å². The van der Waals surface area contributed by atoms with Crippen LogP contribution >= 0.6 is 24.8 Å². The fourth-order valence-corrected chi connectivity index (χ4v) is 2.54. The van der Waals surface area contributed by atoms with Gasteiger partial charge in [0.25, 0.3) is 0 Å². The van der Waals surface area contributed by atoms with E-state index in [4.69, 9.17) is 5.73 Å². The molecule has 1 unspecified atom stereocenters. The second-order valence-corrected chi connectivity index (χ2v) is 6.16. The number of carbonyl (C=O) groups is 1. The molecule has 0 aromatic heterocycles. The molecule has 0 aliphatic carbocycles. The van der Waals surface area contributed by atoms with Crippen molar-refractivity contribution < 1.29 is 4.79 Å². The molecule has 2 rings (SSSR count). The number of benzene rings is 2. The standard InChI is InChI=1S/C20H27N3O.2ClH/c1-3-23(2)15-18-11-7-10-17(12-18)14-22-20(24)19(21)13-16-8-5-4-6-9-16;;/h4-12,19H,3,13-15,21H2,1-2H3,(H,22,24);2*1H. The van der Waals surface area contributed by atoms with Gasteiger partial charge in [0.2, 0.25) is 5.91 Å². The summed E-state index contributed by atoms with van der Waals surface area (Å²) < 4.78 is 0. The second kappa shape index (κ2) is 12.7. The maximum Gasteiger partial charge on any atom is 0.237 e. The van der Waals surface area contributed by atoms with Crippen molar-refractivity contribution in [3.8, 4) is 0 Å². The fourth-order valence-electron chi connectivity index (χ4n) is 2.54. The van der Waals surface area contributed by atoms with Gasteiger partial charge in [-0.2, -0.15) is 0 Å². The van der Waals surface area contributed by atoms with Gasteiger partial charge in [-0.15, -0.1) is 24.8 Å². The molecule has 4 nitrogen and oxygen atoms in total. The SMILES string of the molecule is CCN(C)Cc1cccc(CNC(=O)C(N)Cc2ccccc2)c1.Cl.Cl. The summed E-state index contributed by atoms with van der Waals surface area (Å²) in [5.74, 6) is -0.116. The number of nitrogens with one attached hydrogen (secondary N) is 1. The molecule has 6 heteroatoms. The van der Waals surface area contributed by atoms with Gasteiger partial charge in [0.1, 0.15) is 0 Å². The third-order valence-corrected chi connectivity index (χ3v) is 4.09. The normalized spacial score (nSPS) is 11.2. The Labute approximate surface area is 169 Å². The van der Waals surface area contributed by atoms with Crippen molar-refractivity contribution in [2.24, 2.45) is 5.73 Å². The van der Waals surface area contributed by atoms with Crippen LogP contribution in [0.4, 0.5) is 0 Å². The average Bonchev–Trinajstić information content (AvgIpc) is 2.60. The minimum Gasteiger partial charge on any atom is -0.351 e. The van der Waals surface area contributed by atoms with Gasteiger partial charge in [0.15, 0.2) is 0 Å². The minimum atomic E-state index is -0.526. The molecule has 1 atom stereocenters. The smallest absolute Gasteiger partial charge is 0.237 e. The molecule has 0 saturated carbocycles. The zero-order valence-electron chi connectivity index (χ0n) is 15.4. The van der Waals surface area contributed by atoms with Crippen LogP contribution in [0.2, 0.25) is 0 Å². The van der Waals surface area contributed by atoms with E-state index in [1.807, 2.05) is 42.5 Å². The van der Waals surface area contributed by atoms with Crippen molar-refractivity contribution >= 4 is 30.7 Å². The lowest BCUT2D eigenvalue weighted by Crippen LogP contribution is -2.41. The van der Waals surface area contributed by atoms with Crippen LogP contribution in [0.15, 0.2) is 54.6 Å². The predicted octanol–water partition coefficient (Wildman–Crippen LogP) is 3.17. The molecule has 0 saturated heterocycles. The highest BCUT2D eigenvalue weighted by molar-refractivity contribution is 5.85. The minimum absolute atomic E-state index is 0. The number of halogens is 2. The van der Waals surface area contributed by atoms with Gasteiger partial charge >= 0.3 is 0 Å². The van der Waals surface area contributed by atoms with Gasteiger partial charge in [-0.25, -0.2) is 0 Å². The summed E-state index contributed by atoms with van der Waals surface area (Å²) in [6, 6.07) is 17.6. The topological polar surface area (TPSA) is 58.4 Å². The van der Waals surface area contributed by atoms with Crippen molar-refractivity contribution in [2.75, 3.05) is 13.6 Å². The van der Waals surface area contributed by atoms with Gasteiger partial charge < -0.3 is 16.0 Å². The van der Waals surface area contributed by atoms with Crippen molar-refractivity contribution in [1.29, 1.82) is 0 Å². The summed E-state index contributed by atoms with van der Waals surface area (Å²) in [6.07, 6.45) is 0.550. The third-order valence-electron chi connectivity index (χ3n) is 4.09. The van der Waals surface area contributed by atoms with Crippen LogP contribution in [-0.4, -0.2) is 30.4 Å². The Bertz CT molecular complexity index is 653. The molecule has 0 heterocycles. The molecule has 0 aliphatic heterocycles. The number of nitrogens with two attached hydrogens (primary N) is 1. The quantitative estimate of drug-likeness (QED) is 0.718. The van der Waals surface area contributed by atoms with Gasteiger partial charge in [0.05, 0.1) is 6.04 Å². The molecular weight excluding hydrogens is 369 g/mol. The molecule has 0 fully saturated rings. The van der Waals surface area contributed by atoms with Crippen LogP contribution < -0.4 is 11.1 Å². The molecular formula is C20H29Cl2N3O. The Hall–Kier alpha value is -1.59. The molecule has 2 aromatic carbocycles. The Kier molecular flexibility index (Phi) is 11.9. The monoisotopic (exact) mass is 397 g/mol. The van der Waals surface area contributed by atoms with Crippen LogP contribution in [0, 0.1) is 0 Å². The van der Waals surface area contributed by atoms with Crippen molar-refractivity contribution in [2.45, 2.75) is 32.5 Å². The summed E-state index contributed by atoms with van der Waals surface area (Å²) in [5, 5.41) is 2.94. The van der Waals surface area contributed by atoms with Crippen molar-refractivity contribution in [3.05, 3.63) is 71.3 Å². The lowest BCUT2D eigenvalue weighted by Gasteiger charge is -2.15. The van der Waals surface area contributed by atoms with E-state index in [1.54, 1.807) is 0 Å². The first-order valence-electron chi connectivity index (χ1n) is 8.42. The van der Waals surface area contributed by atoms with E-state index in [-0.39, 0.29) is 30.7 Å². The number of nitrogens with zero attached hydrogens (tertiary/aromatic N) is 1. The largest absolute Gasteiger partial charge is 0.351 e. The summed E-state index contributed by atoms with van der Waals surface area (Å²) in [6.45, 7) is 4.56.